The van der Waals surface area contributed by atoms with Crippen molar-refractivity contribution in [3.8, 4) is 0 Å². The number of allylic oxidation sites excluding steroid dienone is 1. The zero-order chi connectivity index (χ0) is 21.3. The summed E-state index contributed by atoms with van der Waals surface area (Å²) in [4.78, 5) is 24.7. The predicted molar refractivity (Wildman–Crippen MR) is 124 cm³/mol. The van der Waals surface area contributed by atoms with Crippen LogP contribution in [0.2, 0.25) is 0 Å². The number of para-hydroxylation sites is 1. The monoisotopic (exact) mass is 470 g/mol. The first kappa shape index (κ1) is 22.1. The van der Waals surface area contributed by atoms with Crippen LogP contribution in [0, 0.1) is 6.92 Å². The van der Waals surface area contributed by atoms with Crippen molar-refractivity contribution in [1.82, 2.24) is 0 Å². The summed E-state index contributed by atoms with van der Waals surface area (Å²) < 4.78 is 6.03. The van der Waals surface area contributed by atoms with E-state index in [1.54, 1.807) is 18.2 Å². The van der Waals surface area contributed by atoms with E-state index < -0.39 is 5.97 Å². The van der Waals surface area contributed by atoms with Crippen LogP contribution in [-0.2, 0) is 9.53 Å². The average molecular weight is 471 g/mol. The molecule has 1 amide bonds. The van der Waals surface area contributed by atoms with Crippen LogP contribution >= 0.6 is 15.9 Å². The Hall–Kier alpha value is -2.60. The van der Waals surface area contributed by atoms with Gasteiger partial charge in [0.2, 0.25) is 0 Å². The van der Waals surface area contributed by atoms with Gasteiger partial charge in [0.25, 0.3) is 5.91 Å². The number of aryl methyl sites for hydroxylation is 1. The van der Waals surface area contributed by atoms with Crippen LogP contribution in [0.25, 0.3) is 0 Å². The van der Waals surface area contributed by atoms with Crippen molar-refractivity contribution in [3.05, 3.63) is 69.7 Å². The number of carbonyl (C=O) groups is 2. The molecule has 0 radical (unpaired) electrons. The van der Waals surface area contributed by atoms with Crippen molar-refractivity contribution < 1.29 is 14.3 Å². The molecule has 0 fully saturated rings. The number of halogens is 1. The third-order valence-electron chi connectivity index (χ3n) is 5.03. The minimum Gasteiger partial charge on any atom is -0.452 e. The summed E-state index contributed by atoms with van der Waals surface area (Å²) in [7, 11) is 0. The lowest BCUT2D eigenvalue weighted by Gasteiger charge is -2.15. The van der Waals surface area contributed by atoms with Gasteiger partial charge in [0.15, 0.2) is 6.61 Å². The molecule has 0 aromatic heterocycles. The molecule has 6 heteroatoms. The molecule has 0 saturated heterocycles. The number of esters is 1. The number of anilines is 2. The molecule has 5 nitrogen and oxygen atoms in total. The van der Waals surface area contributed by atoms with Crippen molar-refractivity contribution in [2.75, 3.05) is 23.8 Å². The van der Waals surface area contributed by atoms with E-state index in [-0.39, 0.29) is 12.5 Å². The minimum absolute atomic E-state index is 0.347. The molecule has 2 aromatic carbocycles. The van der Waals surface area contributed by atoms with E-state index in [9.17, 15) is 9.59 Å². The molecular weight excluding hydrogens is 444 g/mol. The van der Waals surface area contributed by atoms with Gasteiger partial charge in [-0.15, -0.1) is 0 Å². The molecule has 0 atom stereocenters. The van der Waals surface area contributed by atoms with E-state index in [1.807, 2.05) is 31.2 Å². The smallest absolute Gasteiger partial charge is 0.340 e. The topological polar surface area (TPSA) is 67.4 Å². The highest BCUT2D eigenvalue weighted by Crippen LogP contribution is 2.24. The van der Waals surface area contributed by atoms with Crippen molar-refractivity contribution in [2.24, 2.45) is 0 Å². The van der Waals surface area contributed by atoms with Gasteiger partial charge < -0.3 is 15.4 Å². The summed E-state index contributed by atoms with van der Waals surface area (Å²) >= 11 is 3.42. The molecule has 2 aromatic rings. The molecule has 0 unspecified atom stereocenters. The molecule has 2 N–H and O–H groups in total. The summed E-state index contributed by atoms with van der Waals surface area (Å²) in [5, 5.41) is 6.08. The number of amides is 1. The van der Waals surface area contributed by atoms with Crippen molar-refractivity contribution in [3.63, 3.8) is 0 Å². The van der Waals surface area contributed by atoms with Crippen molar-refractivity contribution in [1.29, 1.82) is 0 Å². The van der Waals surface area contributed by atoms with Gasteiger partial charge in [0.05, 0.1) is 11.3 Å². The normalized spacial score (nSPS) is 13.3. The third kappa shape index (κ3) is 6.46. The van der Waals surface area contributed by atoms with E-state index in [4.69, 9.17) is 4.74 Å². The highest BCUT2D eigenvalue weighted by Gasteiger charge is 2.15. The molecule has 1 aliphatic carbocycles. The zero-order valence-electron chi connectivity index (χ0n) is 17.2. The van der Waals surface area contributed by atoms with E-state index in [0.29, 0.717) is 11.3 Å². The Balaban J connectivity index is 1.52. The quantitative estimate of drug-likeness (QED) is 0.374. The van der Waals surface area contributed by atoms with Crippen LogP contribution in [0.3, 0.4) is 0 Å². The molecule has 0 spiro atoms. The standard InChI is InChI=1S/C24H27BrN2O3/c1-17-11-12-22(20(25)15-17)27-23(28)16-30-24(29)19-9-5-6-10-21(19)26-14-13-18-7-3-2-4-8-18/h5-7,9-12,15,26H,2-4,8,13-14,16H2,1H3,(H,27,28). The zero-order valence-corrected chi connectivity index (χ0v) is 18.8. The first-order chi connectivity index (χ1) is 14.5. The second-order valence-electron chi connectivity index (χ2n) is 7.44. The summed E-state index contributed by atoms with van der Waals surface area (Å²) in [5.41, 5.74) is 4.35. The molecule has 1 aliphatic rings. The van der Waals surface area contributed by atoms with Gasteiger partial charge in [-0.3, -0.25) is 4.79 Å². The molecule has 0 saturated carbocycles. The number of rotatable bonds is 8. The Labute approximate surface area is 186 Å². The van der Waals surface area contributed by atoms with Gasteiger partial charge in [0, 0.05) is 16.7 Å². The molecular formula is C24H27BrN2O3. The van der Waals surface area contributed by atoms with E-state index in [2.05, 4.69) is 32.6 Å². The summed E-state index contributed by atoms with van der Waals surface area (Å²) in [6.07, 6.45) is 8.17. The Kier molecular flexibility index (Phi) is 8.08. The minimum atomic E-state index is -0.520. The predicted octanol–water partition coefficient (Wildman–Crippen LogP) is 5.86. The van der Waals surface area contributed by atoms with Crippen LogP contribution < -0.4 is 10.6 Å². The Morgan fingerprint density at radius 2 is 1.93 bits per heavy atom. The second kappa shape index (κ2) is 11.0. The SMILES string of the molecule is Cc1ccc(NC(=O)COC(=O)c2ccccc2NCCC2=CCCCC2)c(Br)c1. The molecule has 30 heavy (non-hydrogen) atoms. The highest BCUT2D eigenvalue weighted by molar-refractivity contribution is 9.10. The first-order valence-electron chi connectivity index (χ1n) is 10.3. The van der Waals surface area contributed by atoms with E-state index in [1.165, 1.54) is 24.8 Å². The molecule has 0 aliphatic heterocycles. The van der Waals surface area contributed by atoms with Gasteiger partial charge in [-0.05, 0) is 84.8 Å². The van der Waals surface area contributed by atoms with Gasteiger partial charge in [0.1, 0.15) is 0 Å². The lowest BCUT2D eigenvalue weighted by atomic mass is 9.97. The van der Waals surface area contributed by atoms with Crippen LogP contribution in [0.4, 0.5) is 11.4 Å². The second-order valence-corrected chi connectivity index (χ2v) is 8.29. The maximum atomic E-state index is 12.5. The van der Waals surface area contributed by atoms with E-state index >= 15 is 0 Å². The van der Waals surface area contributed by atoms with Gasteiger partial charge >= 0.3 is 5.97 Å². The highest BCUT2D eigenvalue weighted by atomic mass is 79.9. The number of carbonyl (C=O) groups excluding carboxylic acids is 2. The Bertz CT molecular complexity index is 940. The summed E-state index contributed by atoms with van der Waals surface area (Å²) in [6.45, 7) is 2.38. The first-order valence-corrected chi connectivity index (χ1v) is 11.1. The van der Waals surface area contributed by atoms with Gasteiger partial charge in [-0.2, -0.15) is 0 Å². The fourth-order valence-corrected chi connectivity index (χ4v) is 4.01. The number of ether oxygens (including phenoxy) is 1. The lowest BCUT2D eigenvalue weighted by Crippen LogP contribution is -2.21. The number of hydrogen-bond acceptors (Lipinski definition) is 4. The molecule has 0 heterocycles. The summed E-state index contributed by atoms with van der Waals surface area (Å²) in [6, 6.07) is 12.8. The maximum Gasteiger partial charge on any atom is 0.340 e. The van der Waals surface area contributed by atoms with Crippen LogP contribution in [0.1, 0.15) is 48.0 Å². The Morgan fingerprint density at radius 3 is 2.70 bits per heavy atom. The van der Waals surface area contributed by atoms with Crippen LogP contribution in [0.5, 0.6) is 0 Å². The van der Waals surface area contributed by atoms with Gasteiger partial charge in [-0.25, -0.2) is 4.79 Å². The molecule has 3 rings (SSSR count). The molecule has 158 valence electrons. The average Bonchev–Trinajstić information content (AvgIpc) is 2.75. The molecule has 0 bridgehead atoms. The number of benzene rings is 2. The summed E-state index contributed by atoms with van der Waals surface area (Å²) in [5.74, 6) is -0.907. The van der Waals surface area contributed by atoms with Crippen molar-refractivity contribution in [2.45, 2.75) is 39.0 Å². The van der Waals surface area contributed by atoms with Crippen LogP contribution in [0.15, 0.2) is 58.6 Å². The number of nitrogens with one attached hydrogen (secondary N) is 2. The lowest BCUT2D eigenvalue weighted by molar-refractivity contribution is -0.119. The number of hydrogen-bond donors (Lipinski definition) is 2. The van der Waals surface area contributed by atoms with Crippen LogP contribution in [-0.4, -0.2) is 25.0 Å². The van der Waals surface area contributed by atoms with E-state index in [0.717, 1.165) is 35.1 Å². The largest absolute Gasteiger partial charge is 0.452 e. The fraction of sp³-hybridized carbons (Fsp3) is 0.333. The fourth-order valence-electron chi connectivity index (χ4n) is 3.42. The maximum absolute atomic E-state index is 12.5. The van der Waals surface area contributed by atoms with Crippen molar-refractivity contribution >= 4 is 39.2 Å². The third-order valence-corrected chi connectivity index (χ3v) is 5.68. The Morgan fingerprint density at radius 1 is 1.10 bits per heavy atom. The van der Waals surface area contributed by atoms with Gasteiger partial charge in [-0.1, -0.05) is 29.8 Å².